The predicted molar refractivity (Wildman–Crippen MR) is 131 cm³/mol. The second-order valence-corrected chi connectivity index (χ2v) is 8.56. The van der Waals surface area contributed by atoms with E-state index >= 15 is 0 Å². The topological polar surface area (TPSA) is 78.5 Å². The van der Waals surface area contributed by atoms with Crippen LogP contribution in [0.15, 0.2) is 77.5 Å². The van der Waals surface area contributed by atoms with E-state index in [-0.39, 0.29) is 27.3 Å². The summed E-state index contributed by atoms with van der Waals surface area (Å²) in [6.07, 6.45) is 0. The van der Waals surface area contributed by atoms with Gasteiger partial charge in [0.2, 0.25) is 0 Å². The monoisotopic (exact) mass is 519 g/mol. The first kappa shape index (κ1) is 23.1. The van der Waals surface area contributed by atoms with Gasteiger partial charge in [0.25, 0.3) is 17.7 Å². The van der Waals surface area contributed by atoms with Crippen LogP contribution < -0.4 is 15.5 Å². The van der Waals surface area contributed by atoms with Gasteiger partial charge >= 0.3 is 0 Å². The Balaban J connectivity index is 1.56. The van der Waals surface area contributed by atoms with Crippen molar-refractivity contribution in [2.45, 2.75) is 0 Å². The fraction of sp³-hybridized carbons (Fsp3) is 0. The second kappa shape index (κ2) is 9.45. The Morgan fingerprint density at radius 3 is 2.18 bits per heavy atom. The summed E-state index contributed by atoms with van der Waals surface area (Å²) in [5, 5.41) is 6.23. The van der Waals surface area contributed by atoms with Gasteiger partial charge in [0, 0.05) is 27.0 Å². The summed E-state index contributed by atoms with van der Waals surface area (Å²) in [7, 11) is 0. The first-order chi connectivity index (χ1) is 15.7. The van der Waals surface area contributed by atoms with Gasteiger partial charge in [-0.1, -0.05) is 58.5 Å². The predicted octanol–water partition coefficient (Wildman–Crippen LogP) is 6.33. The number of imide groups is 1. The van der Waals surface area contributed by atoms with Crippen LogP contribution >= 0.6 is 46.4 Å². The Kier molecular flexibility index (Phi) is 6.63. The largest absolute Gasteiger partial charge is 0.350 e. The Hall–Kier alpha value is -3.03. The lowest BCUT2D eigenvalue weighted by Crippen LogP contribution is -2.32. The van der Waals surface area contributed by atoms with Crippen LogP contribution in [0, 0.1) is 0 Å². The molecule has 0 aromatic heterocycles. The van der Waals surface area contributed by atoms with E-state index in [1.807, 2.05) is 0 Å². The molecule has 0 radical (unpaired) electrons. The summed E-state index contributed by atoms with van der Waals surface area (Å²) >= 11 is 24.2. The molecule has 166 valence electrons. The summed E-state index contributed by atoms with van der Waals surface area (Å²) in [5.74, 6) is -1.81. The molecular weight excluding hydrogens is 508 g/mol. The normalized spacial score (nSPS) is 13.5. The van der Waals surface area contributed by atoms with Crippen molar-refractivity contribution >= 4 is 81.2 Å². The summed E-state index contributed by atoms with van der Waals surface area (Å²) in [4.78, 5) is 39.1. The van der Waals surface area contributed by atoms with Crippen molar-refractivity contribution < 1.29 is 14.4 Å². The third kappa shape index (κ3) is 4.84. The van der Waals surface area contributed by atoms with Crippen LogP contribution in [0.1, 0.15) is 10.4 Å². The molecule has 1 heterocycles. The van der Waals surface area contributed by atoms with E-state index < -0.39 is 11.8 Å². The summed E-state index contributed by atoms with van der Waals surface area (Å²) < 4.78 is 0. The molecule has 3 aromatic rings. The maximum absolute atomic E-state index is 13.0. The fourth-order valence-corrected chi connectivity index (χ4v) is 4.04. The summed E-state index contributed by atoms with van der Waals surface area (Å²) in [6, 6.07) is 17.5. The smallest absolute Gasteiger partial charge is 0.283 e. The molecule has 1 aliphatic rings. The molecule has 3 amide bonds. The van der Waals surface area contributed by atoms with Crippen molar-refractivity contribution in [1.29, 1.82) is 0 Å². The lowest BCUT2D eigenvalue weighted by Gasteiger charge is -2.16. The molecule has 33 heavy (non-hydrogen) atoms. The van der Waals surface area contributed by atoms with Crippen molar-refractivity contribution in [2.24, 2.45) is 0 Å². The highest BCUT2D eigenvalue weighted by atomic mass is 35.5. The standard InChI is InChI=1S/C23H13Cl4N3O3/c24-13-4-2-6-16(10-13)29-21(31)12-3-1-5-15(9-12)28-20-19(27)22(32)30(23(20)33)18-8-7-14(25)11-17(18)26/h1-11,28H,(H,29,31). The minimum absolute atomic E-state index is 0.120. The fourth-order valence-electron chi connectivity index (χ4n) is 3.14. The Bertz CT molecular complexity index is 1340. The zero-order valence-corrected chi connectivity index (χ0v) is 19.6. The molecule has 0 atom stereocenters. The van der Waals surface area contributed by atoms with Gasteiger partial charge in [0.1, 0.15) is 10.7 Å². The van der Waals surface area contributed by atoms with Gasteiger partial charge in [-0.2, -0.15) is 0 Å². The number of carbonyl (C=O) groups is 3. The molecule has 6 nitrogen and oxygen atoms in total. The van der Waals surface area contributed by atoms with E-state index in [9.17, 15) is 14.4 Å². The minimum atomic E-state index is -0.733. The minimum Gasteiger partial charge on any atom is -0.350 e. The molecule has 2 N–H and O–H groups in total. The van der Waals surface area contributed by atoms with E-state index in [1.165, 1.54) is 24.3 Å². The molecule has 0 unspecified atom stereocenters. The maximum Gasteiger partial charge on any atom is 0.283 e. The summed E-state index contributed by atoms with van der Waals surface area (Å²) in [5.41, 5.74) is 1.24. The number of amides is 3. The Morgan fingerprint density at radius 1 is 0.758 bits per heavy atom. The van der Waals surface area contributed by atoms with Crippen molar-refractivity contribution in [3.63, 3.8) is 0 Å². The van der Waals surface area contributed by atoms with Crippen LogP contribution in [0.4, 0.5) is 17.1 Å². The quantitative estimate of drug-likeness (QED) is 0.385. The van der Waals surface area contributed by atoms with E-state index in [1.54, 1.807) is 42.5 Å². The number of rotatable bonds is 5. The first-order valence-corrected chi connectivity index (χ1v) is 10.9. The highest BCUT2D eigenvalue weighted by molar-refractivity contribution is 6.54. The van der Waals surface area contributed by atoms with Crippen molar-refractivity contribution in [1.82, 2.24) is 0 Å². The first-order valence-electron chi connectivity index (χ1n) is 9.42. The lowest BCUT2D eigenvalue weighted by molar-refractivity contribution is -0.120. The van der Waals surface area contributed by atoms with Crippen LogP contribution in [-0.2, 0) is 9.59 Å². The molecule has 0 fully saturated rings. The van der Waals surface area contributed by atoms with Crippen LogP contribution in [-0.4, -0.2) is 17.7 Å². The number of nitrogens with zero attached hydrogens (tertiary/aromatic N) is 1. The number of benzene rings is 3. The molecule has 10 heteroatoms. The van der Waals surface area contributed by atoms with Crippen molar-refractivity contribution in [2.75, 3.05) is 15.5 Å². The molecule has 4 rings (SSSR count). The highest BCUT2D eigenvalue weighted by Gasteiger charge is 2.39. The van der Waals surface area contributed by atoms with Gasteiger partial charge in [-0.25, -0.2) is 4.90 Å². The number of nitrogens with one attached hydrogen (secondary N) is 2. The lowest BCUT2D eigenvalue weighted by atomic mass is 10.1. The van der Waals surface area contributed by atoms with Crippen LogP contribution in [0.2, 0.25) is 15.1 Å². The van der Waals surface area contributed by atoms with Crippen LogP contribution in [0.25, 0.3) is 0 Å². The SMILES string of the molecule is O=C(Nc1cccc(Cl)c1)c1cccc(NC2=C(Cl)C(=O)N(c3ccc(Cl)cc3Cl)C2=O)c1. The average molecular weight is 521 g/mol. The third-order valence-electron chi connectivity index (χ3n) is 4.65. The zero-order valence-electron chi connectivity index (χ0n) is 16.5. The number of hydrogen-bond donors (Lipinski definition) is 2. The van der Waals surface area contributed by atoms with Gasteiger partial charge in [-0.05, 0) is 54.6 Å². The number of hydrogen-bond acceptors (Lipinski definition) is 4. The van der Waals surface area contributed by atoms with Crippen molar-refractivity contribution in [3.05, 3.63) is 98.1 Å². The van der Waals surface area contributed by atoms with Crippen LogP contribution in [0.3, 0.4) is 0 Å². The molecule has 0 aliphatic carbocycles. The molecule has 0 bridgehead atoms. The average Bonchev–Trinajstić information content (AvgIpc) is 2.97. The zero-order chi connectivity index (χ0) is 23.7. The van der Waals surface area contributed by atoms with Gasteiger partial charge in [-0.15, -0.1) is 0 Å². The van der Waals surface area contributed by atoms with Crippen LogP contribution in [0.5, 0.6) is 0 Å². The van der Waals surface area contributed by atoms with E-state index in [0.717, 1.165) is 4.90 Å². The molecule has 3 aromatic carbocycles. The summed E-state index contributed by atoms with van der Waals surface area (Å²) in [6.45, 7) is 0. The van der Waals surface area contributed by atoms with Gasteiger partial charge < -0.3 is 10.6 Å². The number of anilines is 3. The number of carbonyl (C=O) groups excluding carboxylic acids is 3. The Labute approximate surface area is 208 Å². The van der Waals surface area contributed by atoms with Crippen molar-refractivity contribution in [3.8, 4) is 0 Å². The molecule has 0 saturated carbocycles. The highest BCUT2D eigenvalue weighted by Crippen LogP contribution is 2.35. The maximum atomic E-state index is 13.0. The van der Waals surface area contributed by atoms with E-state index in [0.29, 0.717) is 27.0 Å². The van der Waals surface area contributed by atoms with Gasteiger partial charge in [0.05, 0.1) is 10.7 Å². The van der Waals surface area contributed by atoms with E-state index in [4.69, 9.17) is 46.4 Å². The third-order valence-corrected chi connectivity index (χ3v) is 5.78. The second-order valence-electron chi connectivity index (χ2n) is 6.90. The Morgan fingerprint density at radius 2 is 1.45 bits per heavy atom. The van der Waals surface area contributed by atoms with E-state index in [2.05, 4.69) is 10.6 Å². The molecule has 1 aliphatic heterocycles. The molecular formula is C23H13Cl4N3O3. The van der Waals surface area contributed by atoms with Gasteiger partial charge in [0.15, 0.2) is 0 Å². The molecule has 0 spiro atoms. The number of halogens is 4. The molecule has 0 saturated heterocycles. The van der Waals surface area contributed by atoms with Gasteiger partial charge in [-0.3, -0.25) is 14.4 Å².